The van der Waals surface area contributed by atoms with Crippen LogP contribution in [-0.2, 0) is 6.54 Å². The average molecular weight is 374 g/mol. The molecule has 0 atom stereocenters. The molecule has 6 nitrogen and oxygen atoms in total. The highest BCUT2D eigenvalue weighted by Crippen LogP contribution is 2.18. The molecule has 4 rings (SSSR count). The highest BCUT2D eigenvalue weighted by atomic mass is 16.5. The van der Waals surface area contributed by atoms with Crippen molar-refractivity contribution in [3.05, 3.63) is 99.2 Å². The number of nitrogens with zero attached hydrogens (tertiary/aromatic N) is 2. The lowest BCUT2D eigenvalue weighted by molar-refractivity contribution is 0.414. The van der Waals surface area contributed by atoms with E-state index in [1.807, 2.05) is 30.3 Å². The summed E-state index contributed by atoms with van der Waals surface area (Å²) in [5, 5.41) is 10.2. The van der Waals surface area contributed by atoms with Crippen molar-refractivity contribution >= 4 is 10.9 Å². The van der Waals surface area contributed by atoms with Gasteiger partial charge in [0.2, 0.25) is 0 Å². The molecule has 0 bridgehead atoms. The van der Waals surface area contributed by atoms with E-state index < -0.39 is 11.2 Å². The van der Waals surface area contributed by atoms with Gasteiger partial charge in [-0.3, -0.25) is 9.36 Å². The van der Waals surface area contributed by atoms with E-state index in [0.29, 0.717) is 23.5 Å². The van der Waals surface area contributed by atoms with Crippen molar-refractivity contribution in [3.8, 4) is 17.2 Å². The molecule has 0 aliphatic carbocycles. The molecule has 0 saturated heterocycles. The topological polar surface area (TPSA) is 73.5 Å². The van der Waals surface area contributed by atoms with Crippen molar-refractivity contribution in [3.63, 3.8) is 0 Å². The van der Waals surface area contributed by atoms with Gasteiger partial charge in [-0.15, -0.1) is 0 Å². The van der Waals surface area contributed by atoms with Crippen LogP contribution in [-0.4, -0.2) is 21.4 Å². The molecule has 0 aliphatic heterocycles. The van der Waals surface area contributed by atoms with Gasteiger partial charge in [-0.05, 0) is 48.0 Å². The molecule has 4 aromatic rings. The standard InChI is InChI=1S/C22H18N2O4/c1-28-18-10-7-16(8-11-18)24-21(26)19-13-17(25)9-12-20(19)23(22(24)27)14-15-5-3-2-4-6-15/h2-13,25H,14H2,1H3. The first-order valence-corrected chi connectivity index (χ1v) is 8.75. The van der Waals surface area contributed by atoms with Gasteiger partial charge in [0.05, 0.1) is 30.2 Å². The molecule has 0 aliphatic rings. The van der Waals surface area contributed by atoms with Crippen LogP contribution in [0.15, 0.2) is 82.4 Å². The van der Waals surface area contributed by atoms with Gasteiger partial charge in [0.25, 0.3) is 5.56 Å². The van der Waals surface area contributed by atoms with Crippen molar-refractivity contribution in [1.29, 1.82) is 0 Å². The molecule has 0 spiro atoms. The highest BCUT2D eigenvalue weighted by Gasteiger charge is 2.15. The van der Waals surface area contributed by atoms with Gasteiger partial charge in [0.15, 0.2) is 0 Å². The maximum atomic E-state index is 13.3. The van der Waals surface area contributed by atoms with Crippen molar-refractivity contribution < 1.29 is 9.84 Å². The lowest BCUT2D eigenvalue weighted by Crippen LogP contribution is -2.39. The zero-order valence-corrected chi connectivity index (χ0v) is 15.2. The summed E-state index contributed by atoms with van der Waals surface area (Å²) in [4.78, 5) is 26.3. The molecule has 28 heavy (non-hydrogen) atoms. The molecule has 0 saturated carbocycles. The molecule has 0 radical (unpaired) electrons. The van der Waals surface area contributed by atoms with Crippen molar-refractivity contribution in [2.24, 2.45) is 0 Å². The number of methoxy groups -OCH3 is 1. The third kappa shape index (κ3) is 3.05. The van der Waals surface area contributed by atoms with Crippen molar-refractivity contribution in [2.75, 3.05) is 7.11 Å². The zero-order valence-electron chi connectivity index (χ0n) is 15.2. The van der Waals surface area contributed by atoms with Gasteiger partial charge in [-0.25, -0.2) is 9.36 Å². The molecular formula is C22H18N2O4. The molecule has 1 aromatic heterocycles. The van der Waals surface area contributed by atoms with Crippen LogP contribution in [0.4, 0.5) is 0 Å². The maximum absolute atomic E-state index is 13.3. The van der Waals surface area contributed by atoms with Gasteiger partial charge in [0, 0.05) is 0 Å². The van der Waals surface area contributed by atoms with Crippen molar-refractivity contribution in [1.82, 2.24) is 9.13 Å². The van der Waals surface area contributed by atoms with E-state index in [2.05, 4.69) is 0 Å². The molecule has 140 valence electrons. The minimum Gasteiger partial charge on any atom is -0.508 e. The number of fused-ring (bicyclic) bond motifs is 1. The molecule has 1 heterocycles. The molecule has 1 N–H and O–H groups in total. The fourth-order valence-electron chi connectivity index (χ4n) is 3.24. The second kappa shape index (κ2) is 7.08. The van der Waals surface area contributed by atoms with Gasteiger partial charge < -0.3 is 9.84 Å². The second-order valence-electron chi connectivity index (χ2n) is 6.39. The number of benzene rings is 3. The van der Waals surface area contributed by atoms with Gasteiger partial charge in [-0.1, -0.05) is 30.3 Å². The molecule has 0 fully saturated rings. The normalized spacial score (nSPS) is 10.9. The summed E-state index contributed by atoms with van der Waals surface area (Å²) in [6.45, 7) is 0.303. The van der Waals surface area contributed by atoms with Crippen LogP contribution in [0.5, 0.6) is 11.5 Å². The number of phenolic OH excluding ortho intramolecular Hbond substituents is 1. The Morgan fingerprint density at radius 1 is 0.929 bits per heavy atom. The summed E-state index contributed by atoms with van der Waals surface area (Å²) < 4.78 is 7.80. The quantitative estimate of drug-likeness (QED) is 0.596. The van der Waals surface area contributed by atoms with Crippen LogP contribution >= 0.6 is 0 Å². The van der Waals surface area contributed by atoms with Crippen LogP contribution in [0.25, 0.3) is 16.6 Å². The van der Waals surface area contributed by atoms with E-state index in [-0.39, 0.29) is 11.1 Å². The number of ether oxygens (including phenoxy) is 1. The third-order valence-corrected chi connectivity index (χ3v) is 4.64. The Kier molecular flexibility index (Phi) is 4.45. The maximum Gasteiger partial charge on any atom is 0.336 e. The number of aromatic nitrogens is 2. The van der Waals surface area contributed by atoms with E-state index in [0.717, 1.165) is 10.1 Å². The summed E-state index contributed by atoms with van der Waals surface area (Å²) in [6, 6.07) is 20.7. The van der Waals surface area contributed by atoms with Crippen LogP contribution < -0.4 is 16.0 Å². The number of rotatable bonds is 4. The van der Waals surface area contributed by atoms with E-state index >= 15 is 0 Å². The Bertz CT molecular complexity index is 1260. The predicted molar refractivity (Wildman–Crippen MR) is 108 cm³/mol. The van der Waals surface area contributed by atoms with Crippen LogP contribution in [0.1, 0.15) is 5.56 Å². The molecule has 0 amide bonds. The highest BCUT2D eigenvalue weighted by molar-refractivity contribution is 5.80. The molecule has 3 aromatic carbocycles. The Morgan fingerprint density at radius 2 is 1.64 bits per heavy atom. The number of hydrogen-bond donors (Lipinski definition) is 1. The van der Waals surface area contributed by atoms with E-state index in [4.69, 9.17) is 4.74 Å². The molecule has 0 unspecified atom stereocenters. The van der Waals surface area contributed by atoms with Gasteiger partial charge >= 0.3 is 5.69 Å². The first-order chi connectivity index (χ1) is 13.6. The first kappa shape index (κ1) is 17.6. The Balaban J connectivity index is 2.02. The van der Waals surface area contributed by atoms with Crippen LogP contribution in [0.3, 0.4) is 0 Å². The zero-order chi connectivity index (χ0) is 19.7. The summed E-state index contributed by atoms with van der Waals surface area (Å²) in [7, 11) is 1.55. The van der Waals surface area contributed by atoms with Crippen LogP contribution in [0.2, 0.25) is 0 Å². The summed E-state index contributed by atoms with van der Waals surface area (Å²) in [5.41, 5.74) is 0.908. The van der Waals surface area contributed by atoms with Crippen LogP contribution in [0, 0.1) is 0 Å². The lowest BCUT2D eigenvalue weighted by atomic mass is 10.2. The van der Waals surface area contributed by atoms with E-state index in [9.17, 15) is 14.7 Å². The van der Waals surface area contributed by atoms with Gasteiger partial charge in [-0.2, -0.15) is 0 Å². The van der Waals surface area contributed by atoms with E-state index in [1.165, 1.54) is 16.7 Å². The average Bonchev–Trinajstić information content (AvgIpc) is 2.72. The smallest absolute Gasteiger partial charge is 0.336 e. The van der Waals surface area contributed by atoms with Crippen molar-refractivity contribution in [2.45, 2.75) is 6.54 Å². The largest absolute Gasteiger partial charge is 0.508 e. The minimum atomic E-state index is -0.481. The Labute approximate surface area is 160 Å². The van der Waals surface area contributed by atoms with E-state index in [1.54, 1.807) is 37.4 Å². The molecule has 6 heteroatoms. The summed E-state index contributed by atoms with van der Waals surface area (Å²) in [5.74, 6) is 0.593. The fourth-order valence-corrected chi connectivity index (χ4v) is 3.24. The Morgan fingerprint density at radius 3 is 2.32 bits per heavy atom. The SMILES string of the molecule is COc1ccc(-n2c(=O)c3cc(O)ccc3n(Cc3ccccc3)c2=O)cc1. The van der Waals surface area contributed by atoms with Gasteiger partial charge in [0.1, 0.15) is 11.5 Å². The third-order valence-electron chi connectivity index (χ3n) is 4.64. The predicted octanol–water partition coefficient (Wildman–Crippen LogP) is 2.91. The summed E-state index contributed by atoms with van der Waals surface area (Å²) >= 11 is 0. The summed E-state index contributed by atoms with van der Waals surface area (Å²) in [6.07, 6.45) is 0. The number of hydrogen-bond acceptors (Lipinski definition) is 4. The number of aromatic hydroxyl groups is 1. The lowest BCUT2D eigenvalue weighted by Gasteiger charge is -2.15. The second-order valence-corrected chi connectivity index (χ2v) is 6.39. The molecular weight excluding hydrogens is 356 g/mol. The first-order valence-electron chi connectivity index (χ1n) is 8.75. The monoisotopic (exact) mass is 374 g/mol. The minimum absolute atomic E-state index is 0.0317. The Hall–Kier alpha value is -3.80. The fraction of sp³-hybridized carbons (Fsp3) is 0.0909. The number of phenols is 1.